The molecule has 0 radical (unpaired) electrons. The second-order valence-electron chi connectivity index (χ2n) is 11.9. The van der Waals surface area contributed by atoms with E-state index in [1.807, 2.05) is 24.3 Å². The third kappa shape index (κ3) is 9.47. The number of esters is 1. The summed E-state index contributed by atoms with van der Waals surface area (Å²) in [6.07, 6.45) is 6.01. The quantitative estimate of drug-likeness (QED) is 0.112. The van der Waals surface area contributed by atoms with E-state index < -0.39 is 47.5 Å². The van der Waals surface area contributed by atoms with Crippen molar-refractivity contribution in [3.05, 3.63) is 42.5 Å². The maximum absolute atomic E-state index is 14.5. The highest BCUT2D eigenvalue weighted by molar-refractivity contribution is 7.80. The topological polar surface area (TPSA) is 169 Å². The number of nitrogens with two attached hydrogens (primary N) is 1. The minimum absolute atomic E-state index is 0.114. The number of guanidine groups is 1. The van der Waals surface area contributed by atoms with Gasteiger partial charge in [-0.1, -0.05) is 49.6 Å². The Morgan fingerprint density at radius 2 is 1.69 bits per heavy atom. The molecular formula is C32H46N6O6S. The largest absolute Gasteiger partial charge is 0.465 e. The van der Waals surface area contributed by atoms with Crippen LogP contribution in [0, 0.1) is 17.2 Å². The first kappa shape index (κ1) is 34.3. The number of hydrogen-bond acceptors (Lipinski definition) is 7. The fourth-order valence-corrected chi connectivity index (χ4v) is 7.06. The normalized spacial score (nSPS) is 17.3. The lowest BCUT2D eigenvalue weighted by molar-refractivity contribution is -0.150. The van der Waals surface area contributed by atoms with E-state index in [4.69, 9.17) is 15.9 Å². The summed E-state index contributed by atoms with van der Waals surface area (Å²) in [5, 5.41) is 13.1. The van der Waals surface area contributed by atoms with Gasteiger partial charge in [-0.05, 0) is 80.4 Å². The summed E-state index contributed by atoms with van der Waals surface area (Å²) in [5.41, 5.74) is 6.16. The first-order valence-electron chi connectivity index (χ1n) is 15.9. The van der Waals surface area contributed by atoms with E-state index in [1.165, 1.54) is 4.90 Å². The van der Waals surface area contributed by atoms with Gasteiger partial charge in [0.15, 0.2) is 5.96 Å². The van der Waals surface area contributed by atoms with E-state index in [0.29, 0.717) is 0 Å². The average molecular weight is 643 g/mol. The zero-order valence-electron chi connectivity index (χ0n) is 26.0. The molecule has 2 amide bonds. The fourth-order valence-electron chi connectivity index (χ4n) is 6.38. The SMILES string of the molecule is CCOC(=O)CN(CC1CCCCC1)C(=O)C(CC(=O)N(CC1CCNCC1)C(=N)N)N(c1ccc2ccccc2c1)S(=O)O. The van der Waals surface area contributed by atoms with Crippen LogP contribution in [0.5, 0.6) is 0 Å². The second kappa shape index (κ2) is 16.7. The molecule has 2 unspecified atom stereocenters. The van der Waals surface area contributed by atoms with Crippen LogP contribution in [-0.2, 0) is 30.4 Å². The molecule has 5 N–H and O–H groups in total. The predicted octanol–water partition coefficient (Wildman–Crippen LogP) is 3.24. The first-order valence-corrected chi connectivity index (χ1v) is 16.9. The van der Waals surface area contributed by atoms with Crippen molar-refractivity contribution in [1.29, 1.82) is 5.41 Å². The van der Waals surface area contributed by atoms with Crippen molar-refractivity contribution in [2.75, 3.05) is 43.6 Å². The number of amides is 2. The van der Waals surface area contributed by atoms with E-state index in [2.05, 4.69) is 5.32 Å². The number of nitrogens with zero attached hydrogens (tertiary/aromatic N) is 3. The lowest BCUT2D eigenvalue weighted by Crippen LogP contribution is -2.55. The van der Waals surface area contributed by atoms with Crippen molar-refractivity contribution in [2.24, 2.45) is 17.6 Å². The van der Waals surface area contributed by atoms with Crippen LogP contribution < -0.4 is 15.4 Å². The number of rotatable bonds is 13. The Bertz CT molecular complexity index is 1360. The van der Waals surface area contributed by atoms with Gasteiger partial charge in [0.2, 0.25) is 11.8 Å². The molecule has 1 heterocycles. The summed E-state index contributed by atoms with van der Waals surface area (Å²) in [6.45, 7) is 3.52. The van der Waals surface area contributed by atoms with Crippen LogP contribution in [0.25, 0.3) is 10.8 Å². The molecule has 45 heavy (non-hydrogen) atoms. The van der Waals surface area contributed by atoms with E-state index in [-0.39, 0.29) is 43.8 Å². The van der Waals surface area contributed by atoms with E-state index in [1.54, 1.807) is 25.1 Å². The van der Waals surface area contributed by atoms with Gasteiger partial charge >= 0.3 is 5.97 Å². The molecule has 1 saturated heterocycles. The van der Waals surface area contributed by atoms with Gasteiger partial charge < -0.3 is 20.7 Å². The zero-order chi connectivity index (χ0) is 32.3. The average Bonchev–Trinajstić information content (AvgIpc) is 3.03. The first-order chi connectivity index (χ1) is 21.7. The van der Waals surface area contributed by atoms with Crippen molar-refractivity contribution in [2.45, 2.75) is 64.3 Å². The Labute approximate surface area is 267 Å². The van der Waals surface area contributed by atoms with Crippen LogP contribution >= 0.6 is 0 Å². The van der Waals surface area contributed by atoms with Gasteiger partial charge in [-0.3, -0.25) is 33.6 Å². The molecule has 0 aromatic heterocycles. The molecule has 246 valence electrons. The van der Waals surface area contributed by atoms with E-state index in [0.717, 1.165) is 78.0 Å². The standard InChI is InChI=1S/C32H46N6O6S/c1-2-44-30(40)22-36(20-23-8-4-3-5-9-23)31(41)28(19-29(39)37(32(33)34)21-24-14-16-35-17-15-24)38(45(42)43)27-13-12-25-10-6-7-11-26(25)18-27/h6-7,10-13,18,23-24,28,35H,2-5,8-9,14-17,19-22H2,1H3,(H3,33,34)(H,42,43). The summed E-state index contributed by atoms with van der Waals surface area (Å²) >= 11 is -2.73. The molecule has 2 aliphatic rings. The second-order valence-corrected chi connectivity index (χ2v) is 12.8. The highest BCUT2D eigenvalue weighted by Gasteiger charge is 2.39. The Morgan fingerprint density at radius 3 is 2.33 bits per heavy atom. The van der Waals surface area contributed by atoms with Crippen LogP contribution in [-0.4, -0.2) is 87.7 Å². The zero-order valence-corrected chi connectivity index (χ0v) is 26.8. The van der Waals surface area contributed by atoms with Gasteiger partial charge in [0, 0.05) is 13.1 Å². The third-order valence-corrected chi connectivity index (χ3v) is 9.53. The monoisotopic (exact) mass is 642 g/mol. The smallest absolute Gasteiger partial charge is 0.325 e. The number of benzene rings is 2. The number of piperidine rings is 1. The fraction of sp³-hybridized carbons (Fsp3) is 0.562. The molecule has 2 aromatic rings. The van der Waals surface area contributed by atoms with Crippen LogP contribution in [0.15, 0.2) is 42.5 Å². The molecule has 0 bridgehead atoms. The number of fused-ring (bicyclic) bond motifs is 1. The lowest BCUT2D eigenvalue weighted by atomic mass is 9.88. The number of ether oxygens (including phenoxy) is 1. The minimum Gasteiger partial charge on any atom is -0.465 e. The number of nitrogens with one attached hydrogen (secondary N) is 2. The van der Waals surface area contributed by atoms with Crippen molar-refractivity contribution < 1.29 is 27.9 Å². The van der Waals surface area contributed by atoms with Gasteiger partial charge in [0.1, 0.15) is 12.6 Å². The third-order valence-electron chi connectivity index (χ3n) is 8.72. The van der Waals surface area contributed by atoms with Crippen molar-refractivity contribution >= 4 is 51.5 Å². The van der Waals surface area contributed by atoms with Crippen LogP contribution in [0.1, 0.15) is 58.3 Å². The Kier molecular flexibility index (Phi) is 12.7. The molecule has 2 atom stereocenters. The minimum atomic E-state index is -2.73. The van der Waals surface area contributed by atoms with E-state index >= 15 is 0 Å². The Morgan fingerprint density at radius 1 is 1.02 bits per heavy atom. The maximum Gasteiger partial charge on any atom is 0.325 e. The van der Waals surface area contributed by atoms with Crippen LogP contribution in [0.3, 0.4) is 0 Å². The number of anilines is 1. The van der Waals surface area contributed by atoms with Crippen LogP contribution in [0.4, 0.5) is 5.69 Å². The summed E-state index contributed by atoms with van der Waals surface area (Å²) < 4.78 is 30.0. The Balaban J connectivity index is 1.72. The van der Waals surface area contributed by atoms with Crippen molar-refractivity contribution in [1.82, 2.24) is 15.1 Å². The van der Waals surface area contributed by atoms with Crippen molar-refractivity contribution in [3.63, 3.8) is 0 Å². The molecule has 13 heteroatoms. The molecule has 1 aliphatic carbocycles. The molecular weight excluding hydrogens is 596 g/mol. The van der Waals surface area contributed by atoms with Gasteiger partial charge in [0.05, 0.1) is 18.7 Å². The predicted molar refractivity (Wildman–Crippen MR) is 175 cm³/mol. The summed E-state index contributed by atoms with van der Waals surface area (Å²) in [5.74, 6) is -2.02. The van der Waals surface area contributed by atoms with Crippen LogP contribution in [0.2, 0.25) is 0 Å². The molecule has 4 rings (SSSR count). The molecule has 1 aliphatic heterocycles. The molecule has 0 spiro atoms. The number of carbonyl (C=O) groups excluding carboxylic acids is 3. The lowest BCUT2D eigenvalue weighted by Gasteiger charge is -2.36. The van der Waals surface area contributed by atoms with Gasteiger partial charge in [-0.25, -0.2) is 4.21 Å². The van der Waals surface area contributed by atoms with Crippen molar-refractivity contribution in [3.8, 4) is 0 Å². The van der Waals surface area contributed by atoms with Gasteiger partial charge in [0.25, 0.3) is 11.3 Å². The van der Waals surface area contributed by atoms with Gasteiger partial charge in [-0.2, -0.15) is 0 Å². The number of carbonyl (C=O) groups is 3. The summed E-state index contributed by atoms with van der Waals surface area (Å²) in [6, 6.07) is 11.1. The highest BCUT2D eigenvalue weighted by atomic mass is 32.2. The Hall–Kier alpha value is -3.55. The van der Waals surface area contributed by atoms with E-state index in [9.17, 15) is 23.1 Å². The van der Waals surface area contributed by atoms with Gasteiger partial charge in [-0.15, -0.1) is 0 Å². The number of hydrogen-bond donors (Lipinski definition) is 4. The molecule has 2 fully saturated rings. The highest BCUT2D eigenvalue weighted by Crippen LogP contribution is 2.29. The molecule has 12 nitrogen and oxygen atoms in total. The summed E-state index contributed by atoms with van der Waals surface area (Å²) in [4.78, 5) is 43.7. The molecule has 2 aromatic carbocycles. The maximum atomic E-state index is 14.5. The summed E-state index contributed by atoms with van der Waals surface area (Å²) in [7, 11) is 0. The molecule has 1 saturated carbocycles.